The van der Waals surface area contributed by atoms with E-state index in [1.807, 2.05) is 18.4 Å². The highest BCUT2D eigenvalue weighted by atomic mass is 32.2. The van der Waals surface area contributed by atoms with Crippen LogP contribution in [0.25, 0.3) is 0 Å². The average Bonchev–Trinajstić information content (AvgIpc) is 3.14. The highest BCUT2D eigenvalue weighted by Crippen LogP contribution is 2.19. The molecule has 6 nitrogen and oxygen atoms in total. The summed E-state index contributed by atoms with van der Waals surface area (Å²) >= 11 is 0. The van der Waals surface area contributed by atoms with Gasteiger partial charge in [-0.3, -0.25) is 4.90 Å². The van der Waals surface area contributed by atoms with Crippen LogP contribution in [-0.2, 0) is 27.7 Å². The van der Waals surface area contributed by atoms with E-state index in [9.17, 15) is 8.42 Å². The fourth-order valence-corrected chi connectivity index (χ4v) is 4.56. The summed E-state index contributed by atoms with van der Waals surface area (Å²) in [4.78, 5) is 6.61. The molecule has 1 fully saturated rings. The number of methoxy groups -OCH3 is 1. The smallest absolute Gasteiger partial charge is 0.227 e. The van der Waals surface area contributed by atoms with Gasteiger partial charge in [0.1, 0.15) is 0 Å². The van der Waals surface area contributed by atoms with Crippen molar-refractivity contribution in [1.82, 2.24) is 14.5 Å². The van der Waals surface area contributed by atoms with Crippen LogP contribution in [0.5, 0.6) is 0 Å². The van der Waals surface area contributed by atoms with E-state index in [1.165, 1.54) is 12.8 Å². The zero-order chi connectivity index (χ0) is 16.9. The number of rotatable bonds is 9. The van der Waals surface area contributed by atoms with Gasteiger partial charge in [-0.1, -0.05) is 13.8 Å². The summed E-state index contributed by atoms with van der Waals surface area (Å²) in [5.74, 6) is 0.508. The molecule has 23 heavy (non-hydrogen) atoms. The maximum Gasteiger partial charge on any atom is 0.227 e. The molecular formula is C16H29N3O3S. The molecule has 0 saturated carbocycles. The number of sulfone groups is 1. The van der Waals surface area contributed by atoms with Crippen LogP contribution >= 0.6 is 0 Å². The molecule has 0 spiro atoms. The van der Waals surface area contributed by atoms with Gasteiger partial charge in [-0.15, -0.1) is 0 Å². The number of imidazole rings is 1. The second kappa shape index (κ2) is 8.26. The number of likely N-dealkylation sites (tertiary alicyclic amines) is 1. The van der Waals surface area contributed by atoms with Gasteiger partial charge in [0.05, 0.1) is 24.3 Å². The third-order valence-corrected chi connectivity index (χ3v) is 5.90. The molecule has 0 bridgehead atoms. The van der Waals surface area contributed by atoms with E-state index in [-0.39, 0.29) is 10.9 Å². The molecule has 1 saturated heterocycles. The largest absolute Gasteiger partial charge is 0.383 e. The molecule has 1 aliphatic rings. The first-order valence-corrected chi connectivity index (χ1v) is 10.1. The molecule has 0 radical (unpaired) electrons. The van der Waals surface area contributed by atoms with Gasteiger partial charge in [0.2, 0.25) is 15.0 Å². The molecule has 0 amide bonds. The predicted octanol–water partition coefficient (Wildman–Crippen LogP) is 1.95. The Labute approximate surface area is 139 Å². The maximum atomic E-state index is 12.6. The Balaban J connectivity index is 2.21. The van der Waals surface area contributed by atoms with Crippen molar-refractivity contribution in [3.63, 3.8) is 0 Å². The molecule has 1 aliphatic heterocycles. The molecule has 0 N–H and O–H groups in total. The molecule has 2 heterocycles. The van der Waals surface area contributed by atoms with Gasteiger partial charge in [0.25, 0.3) is 0 Å². The monoisotopic (exact) mass is 343 g/mol. The van der Waals surface area contributed by atoms with Crippen molar-refractivity contribution in [2.45, 2.75) is 51.4 Å². The molecule has 1 aromatic heterocycles. The minimum Gasteiger partial charge on any atom is -0.383 e. The quantitative estimate of drug-likeness (QED) is 0.686. The molecular weight excluding hydrogens is 314 g/mol. The number of ether oxygens (including phenoxy) is 1. The van der Waals surface area contributed by atoms with Gasteiger partial charge in [-0.05, 0) is 38.3 Å². The Morgan fingerprint density at radius 3 is 2.61 bits per heavy atom. The number of hydrogen-bond donors (Lipinski definition) is 0. The van der Waals surface area contributed by atoms with E-state index in [1.54, 1.807) is 13.3 Å². The molecule has 2 rings (SSSR count). The van der Waals surface area contributed by atoms with Crippen LogP contribution in [0.1, 0.15) is 38.8 Å². The van der Waals surface area contributed by atoms with E-state index in [0.29, 0.717) is 25.5 Å². The standard InChI is InChI=1S/C16H29N3O3S/c1-14(2)6-11-23(20,21)16-17-12-15(19(16)9-10-22-3)13-18-7-4-5-8-18/h12,14H,4-11,13H2,1-3H3. The molecule has 1 aromatic rings. The van der Waals surface area contributed by atoms with Crippen molar-refractivity contribution in [3.8, 4) is 0 Å². The van der Waals surface area contributed by atoms with Crippen LogP contribution < -0.4 is 0 Å². The zero-order valence-corrected chi connectivity index (χ0v) is 15.3. The first kappa shape index (κ1) is 18.4. The molecule has 0 aliphatic carbocycles. The first-order valence-electron chi connectivity index (χ1n) is 8.42. The lowest BCUT2D eigenvalue weighted by atomic mass is 10.2. The summed E-state index contributed by atoms with van der Waals surface area (Å²) in [6, 6.07) is 0. The predicted molar refractivity (Wildman–Crippen MR) is 90.1 cm³/mol. The summed E-state index contributed by atoms with van der Waals surface area (Å²) < 4.78 is 32.2. The van der Waals surface area contributed by atoms with E-state index < -0.39 is 9.84 Å². The molecule has 0 unspecified atom stereocenters. The van der Waals surface area contributed by atoms with E-state index in [0.717, 1.165) is 25.3 Å². The Morgan fingerprint density at radius 1 is 1.30 bits per heavy atom. The Bertz CT molecular complexity index is 590. The highest BCUT2D eigenvalue weighted by Gasteiger charge is 2.24. The van der Waals surface area contributed by atoms with Crippen molar-refractivity contribution in [2.24, 2.45) is 5.92 Å². The van der Waals surface area contributed by atoms with E-state index >= 15 is 0 Å². The number of hydrogen-bond acceptors (Lipinski definition) is 5. The Morgan fingerprint density at radius 2 is 2.00 bits per heavy atom. The minimum absolute atomic E-state index is 0.151. The van der Waals surface area contributed by atoms with Gasteiger partial charge in [0, 0.05) is 20.2 Å². The summed E-state index contributed by atoms with van der Waals surface area (Å²) in [6.07, 6.45) is 4.80. The zero-order valence-electron chi connectivity index (χ0n) is 14.5. The lowest BCUT2D eigenvalue weighted by Gasteiger charge is -2.17. The average molecular weight is 343 g/mol. The van der Waals surface area contributed by atoms with Crippen LogP contribution in [0, 0.1) is 5.92 Å². The van der Waals surface area contributed by atoms with Crippen LogP contribution in [-0.4, -0.2) is 55.4 Å². The molecule has 0 atom stereocenters. The van der Waals surface area contributed by atoms with Crippen molar-refractivity contribution in [1.29, 1.82) is 0 Å². The number of aromatic nitrogens is 2. The second-order valence-corrected chi connectivity index (χ2v) is 8.66. The minimum atomic E-state index is -3.35. The second-order valence-electron chi connectivity index (χ2n) is 6.66. The Hall–Kier alpha value is -0.920. The van der Waals surface area contributed by atoms with E-state index in [2.05, 4.69) is 9.88 Å². The van der Waals surface area contributed by atoms with Crippen LogP contribution in [0.15, 0.2) is 11.4 Å². The normalized spacial score (nSPS) is 16.5. The molecule has 7 heteroatoms. The summed E-state index contributed by atoms with van der Waals surface area (Å²) in [6.45, 7) is 7.98. The van der Waals surface area contributed by atoms with Crippen LogP contribution in [0.4, 0.5) is 0 Å². The van der Waals surface area contributed by atoms with Gasteiger partial charge < -0.3 is 9.30 Å². The SMILES string of the molecule is COCCn1c(CN2CCCC2)cnc1S(=O)(=O)CCC(C)C. The van der Waals surface area contributed by atoms with E-state index in [4.69, 9.17) is 4.74 Å². The van der Waals surface area contributed by atoms with Crippen molar-refractivity contribution in [2.75, 3.05) is 32.6 Å². The fourth-order valence-electron chi connectivity index (χ4n) is 2.84. The summed E-state index contributed by atoms with van der Waals surface area (Å²) in [5, 5.41) is 0.199. The third kappa shape index (κ3) is 5.02. The van der Waals surface area contributed by atoms with Gasteiger partial charge >= 0.3 is 0 Å². The maximum absolute atomic E-state index is 12.6. The van der Waals surface area contributed by atoms with Crippen molar-refractivity contribution >= 4 is 9.84 Å². The lowest BCUT2D eigenvalue weighted by Crippen LogP contribution is -2.23. The topological polar surface area (TPSA) is 64.4 Å². The Kier molecular flexibility index (Phi) is 6.61. The van der Waals surface area contributed by atoms with Crippen LogP contribution in [0.3, 0.4) is 0 Å². The van der Waals surface area contributed by atoms with Crippen molar-refractivity contribution < 1.29 is 13.2 Å². The molecule has 132 valence electrons. The van der Waals surface area contributed by atoms with Gasteiger partial charge in [-0.25, -0.2) is 13.4 Å². The summed E-state index contributed by atoms with van der Waals surface area (Å²) in [5.41, 5.74) is 0.965. The van der Waals surface area contributed by atoms with Crippen LogP contribution in [0.2, 0.25) is 0 Å². The summed E-state index contributed by atoms with van der Waals surface area (Å²) in [7, 11) is -1.72. The number of nitrogens with zero attached hydrogens (tertiary/aromatic N) is 3. The van der Waals surface area contributed by atoms with Gasteiger partial charge in [-0.2, -0.15) is 0 Å². The third-order valence-electron chi connectivity index (χ3n) is 4.25. The highest BCUT2D eigenvalue weighted by molar-refractivity contribution is 7.91. The van der Waals surface area contributed by atoms with Crippen molar-refractivity contribution in [3.05, 3.63) is 11.9 Å². The lowest BCUT2D eigenvalue weighted by molar-refractivity contribution is 0.182. The van der Waals surface area contributed by atoms with Gasteiger partial charge in [0.15, 0.2) is 0 Å². The first-order chi connectivity index (χ1) is 10.9. The fraction of sp³-hybridized carbons (Fsp3) is 0.812. The molecule has 0 aromatic carbocycles.